The van der Waals surface area contributed by atoms with Gasteiger partial charge in [-0.25, -0.2) is 0 Å². The quantitative estimate of drug-likeness (QED) is 0.188. The maximum atomic E-state index is 8.91. The lowest BCUT2D eigenvalue weighted by molar-refractivity contribution is 0.432. The Morgan fingerprint density at radius 2 is 1.34 bits per heavy atom. The number of para-hydroxylation sites is 2. The summed E-state index contributed by atoms with van der Waals surface area (Å²) in [5, 5.41) is 17.5. The van der Waals surface area contributed by atoms with Gasteiger partial charge < -0.3 is 9.47 Å². The Kier molecular flexibility index (Phi) is 5.15. The van der Waals surface area contributed by atoms with Gasteiger partial charge in [0.2, 0.25) is 11.8 Å². The SMILES string of the molecule is N=C(OC(=N)c1cccc2c1Oc1ccccc1C21c2ccccc2-c2ccccc21)C1=CCCCC=C1. The highest BCUT2D eigenvalue weighted by Crippen LogP contribution is 2.62. The predicted octanol–water partition coefficient (Wildman–Crippen LogP) is 8.14. The van der Waals surface area contributed by atoms with Gasteiger partial charge in [-0.3, -0.25) is 10.8 Å². The number of hydrogen-bond acceptors (Lipinski definition) is 4. The third-order valence-corrected chi connectivity index (χ3v) is 7.82. The van der Waals surface area contributed by atoms with Gasteiger partial charge in [0.1, 0.15) is 11.5 Å². The van der Waals surface area contributed by atoms with Crippen molar-refractivity contribution in [2.45, 2.75) is 24.7 Å². The molecule has 1 aliphatic heterocycles. The second-order valence-corrected chi connectivity index (χ2v) is 9.87. The molecule has 4 heteroatoms. The first-order valence-corrected chi connectivity index (χ1v) is 13.0. The highest BCUT2D eigenvalue weighted by molar-refractivity contribution is 6.07. The Labute approximate surface area is 221 Å². The molecular weight excluding hydrogens is 468 g/mol. The van der Waals surface area contributed by atoms with Gasteiger partial charge in [0, 0.05) is 16.7 Å². The molecule has 0 fully saturated rings. The van der Waals surface area contributed by atoms with Crippen LogP contribution in [0, 0.1) is 10.8 Å². The second kappa shape index (κ2) is 8.70. The summed E-state index contributed by atoms with van der Waals surface area (Å²) in [5.41, 5.74) is 7.50. The zero-order chi connectivity index (χ0) is 25.7. The second-order valence-electron chi connectivity index (χ2n) is 9.87. The van der Waals surface area contributed by atoms with Crippen molar-refractivity contribution < 1.29 is 9.47 Å². The third kappa shape index (κ3) is 3.16. The van der Waals surface area contributed by atoms with E-state index in [4.69, 9.17) is 20.3 Å². The Balaban J connectivity index is 1.43. The van der Waals surface area contributed by atoms with Crippen LogP contribution in [0.3, 0.4) is 0 Å². The molecule has 4 nitrogen and oxygen atoms in total. The van der Waals surface area contributed by atoms with E-state index in [0.29, 0.717) is 16.9 Å². The van der Waals surface area contributed by atoms with Crippen molar-refractivity contribution in [1.82, 2.24) is 0 Å². The fourth-order valence-corrected chi connectivity index (χ4v) is 6.21. The molecule has 1 heterocycles. The monoisotopic (exact) mass is 494 g/mol. The Hall–Kier alpha value is -4.70. The number of fused-ring (bicyclic) bond motifs is 9. The first-order chi connectivity index (χ1) is 18.7. The van der Waals surface area contributed by atoms with Gasteiger partial charge in [-0.1, -0.05) is 97.1 Å². The summed E-state index contributed by atoms with van der Waals surface area (Å²) in [5.74, 6) is 1.24. The van der Waals surface area contributed by atoms with Gasteiger partial charge in [-0.15, -0.1) is 0 Å². The van der Waals surface area contributed by atoms with E-state index in [2.05, 4.69) is 72.8 Å². The summed E-state index contributed by atoms with van der Waals surface area (Å²) >= 11 is 0. The van der Waals surface area contributed by atoms with Crippen LogP contribution < -0.4 is 4.74 Å². The molecule has 2 aliphatic carbocycles. The first-order valence-electron chi connectivity index (χ1n) is 13.0. The van der Waals surface area contributed by atoms with Gasteiger partial charge in [-0.05, 0) is 53.6 Å². The topological polar surface area (TPSA) is 66.2 Å². The molecule has 2 N–H and O–H groups in total. The fourth-order valence-electron chi connectivity index (χ4n) is 6.21. The van der Waals surface area contributed by atoms with Crippen molar-refractivity contribution in [3.63, 3.8) is 0 Å². The smallest absolute Gasteiger partial charge is 0.225 e. The number of benzene rings is 4. The third-order valence-electron chi connectivity index (χ3n) is 7.82. The summed E-state index contributed by atoms with van der Waals surface area (Å²) < 4.78 is 12.4. The van der Waals surface area contributed by atoms with Crippen molar-refractivity contribution in [1.29, 1.82) is 10.8 Å². The Morgan fingerprint density at radius 1 is 0.684 bits per heavy atom. The van der Waals surface area contributed by atoms with Crippen molar-refractivity contribution in [3.05, 3.63) is 143 Å². The van der Waals surface area contributed by atoms with E-state index in [1.54, 1.807) is 0 Å². The molecule has 0 saturated heterocycles. The zero-order valence-corrected chi connectivity index (χ0v) is 20.8. The molecule has 0 saturated carbocycles. The molecule has 0 radical (unpaired) electrons. The van der Waals surface area contributed by atoms with E-state index >= 15 is 0 Å². The van der Waals surface area contributed by atoms with Crippen LogP contribution in [-0.4, -0.2) is 11.8 Å². The normalized spacial score (nSPS) is 15.7. The van der Waals surface area contributed by atoms with Crippen LogP contribution in [0.2, 0.25) is 0 Å². The van der Waals surface area contributed by atoms with E-state index in [-0.39, 0.29) is 11.8 Å². The molecule has 0 aromatic heterocycles. The van der Waals surface area contributed by atoms with Gasteiger partial charge in [0.25, 0.3) is 0 Å². The van der Waals surface area contributed by atoms with Gasteiger partial charge >= 0.3 is 0 Å². The van der Waals surface area contributed by atoms with E-state index in [1.807, 2.05) is 36.4 Å². The minimum absolute atomic E-state index is 0.0202. The number of nitrogens with one attached hydrogen (secondary N) is 2. The molecule has 0 bridgehead atoms. The first kappa shape index (κ1) is 22.5. The molecule has 0 atom stereocenters. The van der Waals surface area contributed by atoms with Crippen molar-refractivity contribution in [2.75, 3.05) is 0 Å². The number of hydrogen-bond donors (Lipinski definition) is 2. The largest absolute Gasteiger partial charge is 0.456 e. The van der Waals surface area contributed by atoms with Crippen molar-refractivity contribution in [3.8, 4) is 22.6 Å². The highest BCUT2D eigenvalue weighted by atomic mass is 16.5. The van der Waals surface area contributed by atoms with Crippen LogP contribution in [-0.2, 0) is 10.2 Å². The lowest BCUT2D eigenvalue weighted by Crippen LogP contribution is -2.33. The molecule has 184 valence electrons. The van der Waals surface area contributed by atoms with Gasteiger partial charge in [0.15, 0.2) is 0 Å². The molecule has 4 aromatic carbocycles. The molecule has 7 rings (SSSR count). The summed E-state index contributed by atoms with van der Waals surface area (Å²) in [6, 6.07) is 31.2. The number of allylic oxidation sites excluding steroid dienone is 2. The van der Waals surface area contributed by atoms with E-state index in [0.717, 1.165) is 36.1 Å². The van der Waals surface area contributed by atoms with Crippen LogP contribution in [0.25, 0.3) is 11.1 Å². The van der Waals surface area contributed by atoms with Gasteiger partial charge in [0.05, 0.1) is 11.0 Å². The van der Waals surface area contributed by atoms with Gasteiger partial charge in [-0.2, -0.15) is 0 Å². The van der Waals surface area contributed by atoms with Crippen LogP contribution in [0.1, 0.15) is 47.1 Å². The maximum Gasteiger partial charge on any atom is 0.225 e. The average Bonchev–Trinajstić information content (AvgIpc) is 3.09. The van der Waals surface area contributed by atoms with Crippen molar-refractivity contribution >= 4 is 11.8 Å². The van der Waals surface area contributed by atoms with Crippen molar-refractivity contribution in [2.24, 2.45) is 0 Å². The minimum Gasteiger partial charge on any atom is -0.456 e. The summed E-state index contributed by atoms with van der Waals surface area (Å²) in [6.45, 7) is 0. The van der Waals surface area contributed by atoms with Crippen LogP contribution in [0.5, 0.6) is 11.5 Å². The molecule has 1 spiro atoms. The molecule has 0 amide bonds. The maximum absolute atomic E-state index is 8.91. The Bertz CT molecular complexity index is 1650. The van der Waals surface area contributed by atoms with E-state index < -0.39 is 5.41 Å². The summed E-state index contributed by atoms with van der Waals surface area (Å²) in [7, 11) is 0. The van der Waals surface area contributed by atoms with E-state index in [9.17, 15) is 0 Å². The molecule has 38 heavy (non-hydrogen) atoms. The Morgan fingerprint density at radius 3 is 2.11 bits per heavy atom. The molecule has 3 aliphatic rings. The molecule has 0 unspecified atom stereocenters. The fraction of sp³-hybridized carbons (Fsp3) is 0.118. The lowest BCUT2D eigenvalue weighted by Gasteiger charge is -2.39. The van der Waals surface area contributed by atoms with Crippen LogP contribution in [0.15, 0.2) is 115 Å². The standard InChI is InChI=1S/C34H26N2O2/c35-32(22-12-3-1-2-4-13-22)38-33(36)25-16-11-20-29-31(25)37-30-21-10-9-19-28(30)34(29)26-17-7-5-14-23(26)24-15-6-8-18-27(24)34/h3,5-21,35-36H,1-2,4H2. The highest BCUT2D eigenvalue weighted by Gasteiger charge is 2.51. The van der Waals surface area contributed by atoms with Crippen LogP contribution >= 0.6 is 0 Å². The van der Waals surface area contributed by atoms with Crippen LogP contribution in [0.4, 0.5) is 0 Å². The molecule has 4 aromatic rings. The average molecular weight is 495 g/mol. The lowest BCUT2D eigenvalue weighted by atomic mass is 9.66. The summed E-state index contributed by atoms with van der Waals surface area (Å²) in [6.07, 6.45) is 8.90. The number of ether oxygens (including phenoxy) is 2. The van der Waals surface area contributed by atoms with E-state index in [1.165, 1.54) is 22.3 Å². The minimum atomic E-state index is -0.590. The predicted molar refractivity (Wildman–Crippen MR) is 151 cm³/mol. The summed E-state index contributed by atoms with van der Waals surface area (Å²) in [4.78, 5) is 0. The molecular formula is C34H26N2O2. The number of rotatable bonds is 2. The zero-order valence-electron chi connectivity index (χ0n) is 20.8.